The van der Waals surface area contributed by atoms with Crippen molar-refractivity contribution in [3.63, 3.8) is 0 Å². The molecule has 1 saturated heterocycles. The molecule has 5 nitrogen and oxygen atoms in total. The SMILES string of the molecule is CN(CC1COc2ccccc2O1)C(=O)C1NCCCC1(C)C. The molecule has 2 aliphatic rings. The zero-order valence-electron chi connectivity index (χ0n) is 14.2. The van der Waals surface area contributed by atoms with E-state index in [2.05, 4.69) is 19.2 Å². The highest BCUT2D eigenvalue weighted by Crippen LogP contribution is 2.32. The van der Waals surface area contributed by atoms with E-state index in [1.54, 1.807) is 4.90 Å². The van der Waals surface area contributed by atoms with Crippen LogP contribution in [0, 0.1) is 5.41 Å². The number of hydrogen-bond donors (Lipinski definition) is 1. The van der Waals surface area contributed by atoms with Crippen LogP contribution in [0.2, 0.25) is 0 Å². The predicted octanol–water partition coefficient (Wildman–Crippen LogP) is 2.06. The molecule has 23 heavy (non-hydrogen) atoms. The summed E-state index contributed by atoms with van der Waals surface area (Å²) in [5.74, 6) is 1.66. The summed E-state index contributed by atoms with van der Waals surface area (Å²) >= 11 is 0. The number of hydrogen-bond acceptors (Lipinski definition) is 4. The van der Waals surface area contributed by atoms with Crippen molar-refractivity contribution >= 4 is 5.91 Å². The Kier molecular flexibility index (Phi) is 4.48. The van der Waals surface area contributed by atoms with Crippen LogP contribution in [0.25, 0.3) is 0 Å². The normalized spacial score (nSPS) is 25.7. The molecule has 3 rings (SSSR count). The fourth-order valence-corrected chi connectivity index (χ4v) is 3.40. The molecule has 1 aromatic carbocycles. The molecule has 2 unspecified atom stereocenters. The molecule has 1 amide bonds. The summed E-state index contributed by atoms with van der Waals surface area (Å²) in [6.07, 6.45) is 2.06. The Morgan fingerprint density at radius 2 is 2.09 bits per heavy atom. The number of piperidine rings is 1. The second kappa shape index (κ2) is 6.40. The summed E-state index contributed by atoms with van der Waals surface area (Å²) in [6, 6.07) is 7.52. The van der Waals surface area contributed by atoms with Gasteiger partial charge < -0.3 is 19.7 Å². The minimum absolute atomic E-state index is 0.0138. The third kappa shape index (κ3) is 3.44. The topological polar surface area (TPSA) is 50.8 Å². The lowest BCUT2D eigenvalue weighted by Gasteiger charge is -2.40. The number of carbonyl (C=O) groups excluding carboxylic acids is 1. The van der Waals surface area contributed by atoms with Crippen LogP contribution in [0.15, 0.2) is 24.3 Å². The summed E-state index contributed by atoms with van der Waals surface area (Å²) in [4.78, 5) is 14.6. The van der Waals surface area contributed by atoms with Gasteiger partial charge in [-0.3, -0.25) is 4.79 Å². The molecule has 1 aromatic rings. The third-order valence-electron chi connectivity index (χ3n) is 4.80. The lowest BCUT2D eigenvalue weighted by Crippen LogP contribution is -2.57. The first kappa shape index (κ1) is 16.1. The minimum Gasteiger partial charge on any atom is -0.486 e. The highest BCUT2D eigenvalue weighted by Gasteiger charge is 2.39. The number of ether oxygens (including phenoxy) is 2. The van der Waals surface area contributed by atoms with Gasteiger partial charge in [0, 0.05) is 7.05 Å². The number of nitrogens with one attached hydrogen (secondary N) is 1. The Hall–Kier alpha value is -1.75. The molecule has 0 radical (unpaired) electrons. The first-order chi connectivity index (χ1) is 11.0. The molecule has 1 N–H and O–H groups in total. The minimum atomic E-state index is -0.134. The van der Waals surface area contributed by atoms with Gasteiger partial charge in [-0.25, -0.2) is 0 Å². The van der Waals surface area contributed by atoms with E-state index >= 15 is 0 Å². The van der Waals surface area contributed by atoms with E-state index in [-0.39, 0.29) is 23.5 Å². The van der Waals surface area contributed by atoms with Crippen LogP contribution in [0.3, 0.4) is 0 Å². The largest absolute Gasteiger partial charge is 0.486 e. The monoisotopic (exact) mass is 318 g/mol. The Morgan fingerprint density at radius 3 is 2.83 bits per heavy atom. The van der Waals surface area contributed by atoms with Crippen LogP contribution in [-0.2, 0) is 4.79 Å². The molecule has 2 atom stereocenters. The van der Waals surface area contributed by atoms with Crippen LogP contribution in [0.4, 0.5) is 0 Å². The van der Waals surface area contributed by atoms with Gasteiger partial charge in [0.05, 0.1) is 12.6 Å². The summed E-state index contributed by atoms with van der Waals surface area (Å²) in [7, 11) is 1.85. The maximum absolute atomic E-state index is 12.8. The molecule has 126 valence electrons. The van der Waals surface area contributed by atoms with Crippen molar-refractivity contribution in [3.05, 3.63) is 24.3 Å². The van der Waals surface area contributed by atoms with E-state index in [4.69, 9.17) is 9.47 Å². The quantitative estimate of drug-likeness (QED) is 0.927. The first-order valence-electron chi connectivity index (χ1n) is 8.34. The maximum atomic E-state index is 12.8. The van der Waals surface area contributed by atoms with Gasteiger partial charge in [-0.1, -0.05) is 26.0 Å². The molecular formula is C18H26N2O3. The Morgan fingerprint density at radius 1 is 1.35 bits per heavy atom. The van der Waals surface area contributed by atoms with E-state index < -0.39 is 0 Å². The lowest BCUT2D eigenvalue weighted by molar-refractivity contribution is -0.137. The van der Waals surface area contributed by atoms with E-state index in [9.17, 15) is 4.79 Å². The van der Waals surface area contributed by atoms with Crippen LogP contribution in [0.1, 0.15) is 26.7 Å². The van der Waals surface area contributed by atoms with Gasteiger partial charge in [0.25, 0.3) is 0 Å². The van der Waals surface area contributed by atoms with Crippen LogP contribution in [0.5, 0.6) is 11.5 Å². The number of nitrogens with zero attached hydrogens (tertiary/aromatic N) is 1. The smallest absolute Gasteiger partial charge is 0.240 e. The summed E-state index contributed by atoms with van der Waals surface area (Å²) in [5, 5.41) is 3.38. The second-order valence-corrected chi connectivity index (χ2v) is 7.20. The first-order valence-corrected chi connectivity index (χ1v) is 8.34. The Labute approximate surface area is 137 Å². The molecular weight excluding hydrogens is 292 g/mol. The fourth-order valence-electron chi connectivity index (χ4n) is 3.40. The van der Waals surface area contributed by atoms with Gasteiger partial charge in [0.1, 0.15) is 6.61 Å². The van der Waals surface area contributed by atoms with Gasteiger partial charge in [0.2, 0.25) is 5.91 Å². The molecule has 2 heterocycles. The second-order valence-electron chi connectivity index (χ2n) is 7.20. The van der Waals surface area contributed by atoms with Crippen molar-refractivity contribution in [1.29, 1.82) is 0 Å². The molecule has 5 heteroatoms. The number of amides is 1. The van der Waals surface area contributed by atoms with Crippen molar-refractivity contribution < 1.29 is 14.3 Å². The number of carbonyl (C=O) groups is 1. The van der Waals surface area contributed by atoms with Crippen LogP contribution >= 0.6 is 0 Å². The summed E-state index contributed by atoms with van der Waals surface area (Å²) in [5.41, 5.74) is -0.0138. The summed E-state index contributed by atoms with van der Waals surface area (Å²) in [6.45, 7) is 6.22. The maximum Gasteiger partial charge on any atom is 0.240 e. The fraction of sp³-hybridized carbons (Fsp3) is 0.611. The zero-order chi connectivity index (χ0) is 16.4. The van der Waals surface area contributed by atoms with E-state index in [1.165, 1.54) is 0 Å². The standard InChI is InChI=1S/C18H26N2O3/c1-18(2)9-6-10-19-16(18)17(21)20(3)11-13-12-22-14-7-4-5-8-15(14)23-13/h4-5,7-8,13,16,19H,6,9-12H2,1-3H3. The van der Waals surface area contributed by atoms with Gasteiger partial charge in [-0.15, -0.1) is 0 Å². The van der Waals surface area contributed by atoms with Crippen molar-refractivity contribution in [1.82, 2.24) is 10.2 Å². The van der Waals surface area contributed by atoms with Crippen LogP contribution in [-0.4, -0.2) is 49.7 Å². The number of fused-ring (bicyclic) bond motifs is 1. The Balaban J connectivity index is 1.61. The molecule has 0 saturated carbocycles. The van der Waals surface area contributed by atoms with Gasteiger partial charge in [-0.2, -0.15) is 0 Å². The molecule has 0 spiro atoms. The number of benzene rings is 1. The highest BCUT2D eigenvalue weighted by molar-refractivity contribution is 5.82. The van der Waals surface area contributed by atoms with Gasteiger partial charge in [0.15, 0.2) is 17.6 Å². The van der Waals surface area contributed by atoms with Crippen LogP contribution < -0.4 is 14.8 Å². The predicted molar refractivity (Wildman–Crippen MR) is 88.8 cm³/mol. The van der Waals surface area contributed by atoms with E-state index in [0.29, 0.717) is 13.2 Å². The zero-order valence-corrected chi connectivity index (χ0v) is 14.2. The van der Waals surface area contributed by atoms with Gasteiger partial charge in [-0.05, 0) is 36.9 Å². The Bertz CT molecular complexity index is 573. The number of likely N-dealkylation sites (N-methyl/N-ethyl adjacent to an activating group) is 1. The van der Waals surface area contributed by atoms with Crippen molar-refractivity contribution in [2.45, 2.75) is 38.8 Å². The average molecular weight is 318 g/mol. The van der Waals surface area contributed by atoms with E-state index in [1.807, 2.05) is 31.3 Å². The molecule has 1 fully saturated rings. The molecule has 0 aliphatic carbocycles. The lowest BCUT2D eigenvalue weighted by atomic mass is 9.77. The average Bonchev–Trinajstić information content (AvgIpc) is 2.53. The molecule has 2 aliphatic heterocycles. The molecule has 0 bridgehead atoms. The van der Waals surface area contributed by atoms with Crippen molar-refractivity contribution in [3.8, 4) is 11.5 Å². The van der Waals surface area contributed by atoms with E-state index in [0.717, 1.165) is 30.9 Å². The molecule has 0 aromatic heterocycles. The van der Waals surface area contributed by atoms with Gasteiger partial charge >= 0.3 is 0 Å². The van der Waals surface area contributed by atoms with Crippen molar-refractivity contribution in [2.75, 3.05) is 26.7 Å². The number of rotatable bonds is 3. The highest BCUT2D eigenvalue weighted by atomic mass is 16.6. The van der Waals surface area contributed by atoms with Crippen molar-refractivity contribution in [2.24, 2.45) is 5.41 Å². The summed E-state index contributed by atoms with van der Waals surface area (Å²) < 4.78 is 11.7. The number of para-hydroxylation sites is 2. The third-order valence-corrected chi connectivity index (χ3v) is 4.80.